The van der Waals surface area contributed by atoms with Gasteiger partial charge < -0.3 is 15.4 Å². The molecule has 26 heavy (non-hydrogen) atoms. The number of benzene rings is 1. The minimum Gasteiger partial charge on any atom is -0.465 e. The molecule has 0 amide bonds. The minimum absolute atomic E-state index is 0.331. The second kappa shape index (κ2) is 9.91. The summed E-state index contributed by atoms with van der Waals surface area (Å²) in [6.45, 7) is 8.28. The van der Waals surface area contributed by atoms with Gasteiger partial charge in [-0.1, -0.05) is 12.1 Å². The van der Waals surface area contributed by atoms with Crippen molar-refractivity contribution in [3.63, 3.8) is 0 Å². The summed E-state index contributed by atoms with van der Waals surface area (Å²) < 4.78 is 4.71. The average Bonchev–Trinajstić information content (AvgIpc) is 2.97. The molecule has 0 unspecified atom stereocenters. The van der Waals surface area contributed by atoms with Crippen molar-refractivity contribution in [2.45, 2.75) is 33.7 Å². The smallest absolute Gasteiger partial charge is 0.337 e. The summed E-state index contributed by atoms with van der Waals surface area (Å²) in [7, 11) is 1.38. The van der Waals surface area contributed by atoms with Crippen LogP contribution in [-0.4, -0.2) is 37.1 Å². The summed E-state index contributed by atoms with van der Waals surface area (Å²) in [5.74, 6) is 0.442. The standard InChI is InChI=1S/C19H26N4O2S/c1-5-20-19(21-11-10-17-23-13(2)14(3)26-17)22-12-15-6-8-16(9-7-15)18(24)25-4/h6-9H,5,10-12H2,1-4H3,(H2,20,21,22). The molecular weight excluding hydrogens is 348 g/mol. The lowest BCUT2D eigenvalue weighted by Crippen LogP contribution is -2.38. The predicted octanol–water partition coefficient (Wildman–Crippen LogP) is 2.84. The third-order valence-corrected chi connectivity index (χ3v) is 4.98. The Morgan fingerprint density at radius 1 is 1.23 bits per heavy atom. The fourth-order valence-corrected chi connectivity index (χ4v) is 3.24. The first kappa shape index (κ1) is 19.9. The van der Waals surface area contributed by atoms with Gasteiger partial charge in [0.25, 0.3) is 0 Å². The van der Waals surface area contributed by atoms with Crippen molar-refractivity contribution in [1.82, 2.24) is 15.6 Å². The molecule has 140 valence electrons. The number of hydrogen-bond donors (Lipinski definition) is 2. The van der Waals surface area contributed by atoms with Crippen molar-refractivity contribution in [2.75, 3.05) is 20.2 Å². The number of ether oxygens (including phenoxy) is 1. The molecule has 0 fully saturated rings. The third-order valence-electron chi connectivity index (χ3n) is 3.84. The Morgan fingerprint density at radius 2 is 1.96 bits per heavy atom. The Morgan fingerprint density at radius 3 is 2.54 bits per heavy atom. The number of thiazole rings is 1. The van der Waals surface area contributed by atoms with Crippen LogP contribution in [0.25, 0.3) is 0 Å². The Labute approximate surface area is 158 Å². The van der Waals surface area contributed by atoms with Crippen LogP contribution < -0.4 is 10.6 Å². The molecule has 1 aromatic carbocycles. The second-order valence-electron chi connectivity index (χ2n) is 5.81. The van der Waals surface area contributed by atoms with Crippen molar-refractivity contribution in [1.29, 1.82) is 0 Å². The number of hydrogen-bond acceptors (Lipinski definition) is 5. The zero-order chi connectivity index (χ0) is 18.9. The van der Waals surface area contributed by atoms with Crippen molar-refractivity contribution >= 4 is 23.3 Å². The lowest BCUT2D eigenvalue weighted by atomic mass is 10.1. The number of guanidine groups is 1. The van der Waals surface area contributed by atoms with Crippen LogP contribution in [0.5, 0.6) is 0 Å². The SMILES string of the molecule is CCNC(=NCc1ccc(C(=O)OC)cc1)NCCc1nc(C)c(C)s1. The molecule has 1 aromatic heterocycles. The van der Waals surface area contributed by atoms with Gasteiger partial charge in [-0.3, -0.25) is 0 Å². The fourth-order valence-electron chi connectivity index (χ4n) is 2.31. The number of methoxy groups -OCH3 is 1. The molecule has 2 N–H and O–H groups in total. The monoisotopic (exact) mass is 374 g/mol. The van der Waals surface area contributed by atoms with Crippen LogP contribution in [0.3, 0.4) is 0 Å². The molecule has 0 radical (unpaired) electrons. The average molecular weight is 375 g/mol. The number of aliphatic imine (C=N–C) groups is 1. The van der Waals surface area contributed by atoms with E-state index in [4.69, 9.17) is 4.74 Å². The Balaban J connectivity index is 1.90. The van der Waals surface area contributed by atoms with Gasteiger partial charge in [-0.2, -0.15) is 0 Å². The van der Waals surface area contributed by atoms with Gasteiger partial charge in [0.1, 0.15) is 0 Å². The van der Waals surface area contributed by atoms with E-state index in [0.717, 1.165) is 41.7 Å². The highest BCUT2D eigenvalue weighted by molar-refractivity contribution is 7.11. The number of esters is 1. The molecule has 2 aromatic rings. The van der Waals surface area contributed by atoms with Crippen LogP contribution in [0.15, 0.2) is 29.3 Å². The number of nitrogens with zero attached hydrogens (tertiary/aromatic N) is 2. The molecule has 0 aliphatic rings. The van der Waals surface area contributed by atoms with Crippen molar-refractivity contribution in [2.24, 2.45) is 4.99 Å². The van der Waals surface area contributed by atoms with Crippen LogP contribution in [0, 0.1) is 13.8 Å². The topological polar surface area (TPSA) is 75.6 Å². The summed E-state index contributed by atoms with van der Waals surface area (Å²) in [5.41, 5.74) is 2.68. The van der Waals surface area contributed by atoms with E-state index in [0.29, 0.717) is 12.1 Å². The van der Waals surface area contributed by atoms with Crippen LogP contribution in [0.2, 0.25) is 0 Å². The highest BCUT2D eigenvalue weighted by Gasteiger charge is 2.05. The van der Waals surface area contributed by atoms with Gasteiger partial charge in [0.15, 0.2) is 5.96 Å². The highest BCUT2D eigenvalue weighted by atomic mass is 32.1. The molecule has 0 atom stereocenters. The Bertz CT molecular complexity index is 734. The lowest BCUT2D eigenvalue weighted by molar-refractivity contribution is 0.0600. The van der Waals surface area contributed by atoms with E-state index in [9.17, 15) is 4.79 Å². The van der Waals surface area contributed by atoms with E-state index in [1.165, 1.54) is 12.0 Å². The van der Waals surface area contributed by atoms with Crippen LogP contribution >= 0.6 is 11.3 Å². The van der Waals surface area contributed by atoms with Gasteiger partial charge >= 0.3 is 5.97 Å². The van der Waals surface area contributed by atoms with Crippen molar-refractivity contribution in [3.8, 4) is 0 Å². The summed E-state index contributed by atoms with van der Waals surface area (Å²) in [6.07, 6.45) is 0.873. The molecule has 0 saturated carbocycles. The van der Waals surface area contributed by atoms with Crippen molar-refractivity contribution in [3.05, 3.63) is 51.0 Å². The Kier molecular flexibility index (Phi) is 7.59. The maximum atomic E-state index is 11.5. The molecule has 0 saturated heterocycles. The quantitative estimate of drug-likeness (QED) is 0.443. The zero-order valence-corrected chi connectivity index (χ0v) is 16.6. The maximum absolute atomic E-state index is 11.5. The van der Waals surface area contributed by atoms with Gasteiger partial charge in [0.05, 0.1) is 29.9 Å². The largest absolute Gasteiger partial charge is 0.465 e. The maximum Gasteiger partial charge on any atom is 0.337 e. The number of aromatic nitrogens is 1. The van der Waals surface area contributed by atoms with Crippen LogP contribution in [0.4, 0.5) is 0 Å². The molecule has 6 nitrogen and oxygen atoms in total. The molecular formula is C19H26N4O2S. The van der Waals surface area contributed by atoms with Gasteiger partial charge in [-0.15, -0.1) is 11.3 Å². The number of carbonyl (C=O) groups excluding carboxylic acids is 1. The molecule has 0 aliphatic heterocycles. The van der Waals surface area contributed by atoms with Gasteiger partial charge in [0, 0.05) is 24.4 Å². The normalized spacial score (nSPS) is 11.3. The highest BCUT2D eigenvalue weighted by Crippen LogP contribution is 2.16. The van der Waals surface area contributed by atoms with E-state index in [2.05, 4.69) is 27.5 Å². The molecule has 0 bridgehead atoms. The van der Waals surface area contributed by atoms with E-state index in [-0.39, 0.29) is 5.97 Å². The third kappa shape index (κ3) is 5.84. The minimum atomic E-state index is -0.331. The summed E-state index contributed by atoms with van der Waals surface area (Å²) in [6, 6.07) is 7.29. The zero-order valence-electron chi connectivity index (χ0n) is 15.8. The molecule has 0 spiro atoms. The molecule has 1 heterocycles. The van der Waals surface area contributed by atoms with Crippen LogP contribution in [0.1, 0.15) is 38.4 Å². The summed E-state index contributed by atoms with van der Waals surface area (Å²) in [4.78, 5) is 21.9. The molecule has 7 heteroatoms. The number of nitrogens with one attached hydrogen (secondary N) is 2. The van der Waals surface area contributed by atoms with E-state index in [1.54, 1.807) is 23.5 Å². The summed E-state index contributed by atoms with van der Waals surface area (Å²) >= 11 is 1.75. The first-order chi connectivity index (χ1) is 12.5. The van der Waals surface area contributed by atoms with E-state index < -0.39 is 0 Å². The van der Waals surface area contributed by atoms with E-state index in [1.807, 2.05) is 26.0 Å². The van der Waals surface area contributed by atoms with Crippen molar-refractivity contribution < 1.29 is 9.53 Å². The number of aryl methyl sites for hydroxylation is 2. The van der Waals surface area contributed by atoms with Gasteiger partial charge in [-0.25, -0.2) is 14.8 Å². The number of rotatable bonds is 7. The number of carbonyl (C=O) groups is 1. The molecule has 2 rings (SSSR count). The molecule has 0 aliphatic carbocycles. The fraction of sp³-hybridized carbons (Fsp3) is 0.421. The lowest BCUT2D eigenvalue weighted by Gasteiger charge is -2.10. The first-order valence-corrected chi connectivity index (χ1v) is 9.47. The second-order valence-corrected chi connectivity index (χ2v) is 7.10. The summed E-state index contributed by atoms with van der Waals surface area (Å²) in [5, 5.41) is 7.72. The van der Waals surface area contributed by atoms with Gasteiger partial charge in [0.2, 0.25) is 0 Å². The van der Waals surface area contributed by atoms with Crippen LogP contribution in [-0.2, 0) is 17.7 Å². The first-order valence-electron chi connectivity index (χ1n) is 8.65. The van der Waals surface area contributed by atoms with E-state index >= 15 is 0 Å². The van der Waals surface area contributed by atoms with Gasteiger partial charge in [-0.05, 0) is 38.5 Å². The Hall–Kier alpha value is -2.41. The predicted molar refractivity (Wildman–Crippen MR) is 106 cm³/mol.